The van der Waals surface area contributed by atoms with Crippen LogP contribution in [0.4, 0.5) is 0 Å². The summed E-state index contributed by atoms with van der Waals surface area (Å²) in [5, 5.41) is 7.67. The van der Waals surface area contributed by atoms with E-state index in [0.717, 1.165) is 5.69 Å². The molecule has 1 amide bonds. The molecule has 1 aliphatic heterocycles. The van der Waals surface area contributed by atoms with E-state index in [-0.39, 0.29) is 17.4 Å². The van der Waals surface area contributed by atoms with Crippen LogP contribution in [0, 0.1) is 12.8 Å². The summed E-state index contributed by atoms with van der Waals surface area (Å²) >= 11 is 6.33. The van der Waals surface area contributed by atoms with Crippen molar-refractivity contribution < 1.29 is 13.2 Å². The summed E-state index contributed by atoms with van der Waals surface area (Å²) in [6, 6.07) is 0. The van der Waals surface area contributed by atoms with Crippen LogP contribution in [0.3, 0.4) is 0 Å². The second kappa shape index (κ2) is 6.88. The van der Waals surface area contributed by atoms with Crippen molar-refractivity contribution in [3.8, 4) is 0 Å². The summed E-state index contributed by atoms with van der Waals surface area (Å²) in [6.45, 7) is 8.45. The SMILES string of the molecule is Cc1nn(CC(C)C)c(Cl)c1/C=C/C(=O)NC1(C)CCS(=O)(=O)C1. The Labute approximate surface area is 148 Å². The lowest BCUT2D eigenvalue weighted by molar-refractivity contribution is -0.117. The second-order valence-electron chi connectivity index (χ2n) is 7.09. The molecule has 1 fully saturated rings. The molecular formula is C16H24ClN3O3S. The molecule has 2 heterocycles. The zero-order chi connectivity index (χ0) is 18.1. The molecule has 1 saturated heterocycles. The molecule has 1 aromatic heterocycles. The van der Waals surface area contributed by atoms with Crippen LogP contribution >= 0.6 is 11.6 Å². The molecule has 0 saturated carbocycles. The molecule has 0 spiro atoms. The van der Waals surface area contributed by atoms with Crippen LogP contribution in [0.1, 0.15) is 38.4 Å². The van der Waals surface area contributed by atoms with E-state index in [1.165, 1.54) is 6.08 Å². The molecule has 0 aliphatic carbocycles. The number of nitrogens with zero attached hydrogens (tertiary/aromatic N) is 2. The third-order valence-electron chi connectivity index (χ3n) is 3.98. The van der Waals surface area contributed by atoms with E-state index < -0.39 is 15.4 Å². The van der Waals surface area contributed by atoms with E-state index in [4.69, 9.17) is 11.6 Å². The smallest absolute Gasteiger partial charge is 0.244 e. The Morgan fingerprint density at radius 2 is 2.17 bits per heavy atom. The van der Waals surface area contributed by atoms with Crippen LogP contribution < -0.4 is 5.32 Å². The number of sulfone groups is 1. The molecule has 2 rings (SSSR count). The number of halogens is 1. The fourth-order valence-corrected chi connectivity index (χ4v) is 5.23. The first kappa shape index (κ1) is 19.0. The minimum absolute atomic E-state index is 0.0221. The van der Waals surface area contributed by atoms with Gasteiger partial charge in [0.05, 0.1) is 22.7 Å². The van der Waals surface area contributed by atoms with Gasteiger partial charge < -0.3 is 5.32 Å². The first-order valence-electron chi connectivity index (χ1n) is 7.95. The van der Waals surface area contributed by atoms with Gasteiger partial charge in [-0.25, -0.2) is 8.42 Å². The maximum atomic E-state index is 12.1. The first-order chi connectivity index (χ1) is 11.0. The molecule has 0 bridgehead atoms. The number of carbonyl (C=O) groups excluding carboxylic acids is 1. The summed E-state index contributed by atoms with van der Waals surface area (Å²) in [6.07, 6.45) is 3.44. The van der Waals surface area contributed by atoms with Crippen LogP contribution in [0.15, 0.2) is 6.08 Å². The monoisotopic (exact) mass is 373 g/mol. The fraction of sp³-hybridized carbons (Fsp3) is 0.625. The fourth-order valence-electron chi connectivity index (χ4n) is 2.83. The van der Waals surface area contributed by atoms with Gasteiger partial charge in [-0.15, -0.1) is 0 Å². The van der Waals surface area contributed by atoms with Crippen molar-refractivity contribution in [2.45, 2.75) is 46.2 Å². The second-order valence-corrected chi connectivity index (χ2v) is 9.63. The van der Waals surface area contributed by atoms with E-state index in [1.54, 1.807) is 17.7 Å². The molecule has 134 valence electrons. The van der Waals surface area contributed by atoms with Crippen molar-refractivity contribution in [1.82, 2.24) is 15.1 Å². The summed E-state index contributed by atoms with van der Waals surface area (Å²) in [5.74, 6) is 0.166. The van der Waals surface area contributed by atoms with Crippen molar-refractivity contribution in [3.63, 3.8) is 0 Å². The van der Waals surface area contributed by atoms with E-state index in [0.29, 0.717) is 29.6 Å². The quantitative estimate of drug-likeness (QED) is 0.802. The maximum absolute atomic E-state index is 12.1. The summed E-state index contributed by atoms with van der Waals surface area (Å²) in [7, 11) is -3.06. The number of hydrogen-bond donors (Lipinski definition) is 1. The normalized spacial score (nSPS) is 23.2. The van der Waals surface area contributed by atoms with Gasteiger partial charge in [-0.05, 0) is 32.3 Å². The Kier molecular flexibility index (Phi) is 5.44. The minimum Gasteiger partial charge on any atom is -0.346 e. The molecule has 0 aromatic carbocycles. The first-order valence-corrected chi connectivity index (χ1v) is 10.1. The van der Waals surface area contributed by atoms with Crippen LogP contribution in [0.5, 0.6) is 0 Å². The van der Waals surface area contributed by atoms with Gasteiger partial charge in [0, 0.05) is 18.2 Å². The number of aryl methyl sites for hydroxylation is 1. The van der Waals surface area contributed by atoms with Crippen molar-refractivity contribution >= 4 is 33.4 Å². The van der Waals surface area contributed by atoms with E-state index in [9.17, 15) is 13.2 Å². The Hall–Kier alpha value is -1.34. The highest BCUT2D eigenvalue weighted by atomic mass is 35.5. The van der Waals surface area contributed by atoms with Crippen molar-refractivity contribution in [1.29, 1.82) is 0 Å². The van der Waals surface area contributed by atoms with Gasteiger partial charge in [-0.3, -0.25) is 9.48 Å². The molecule has 1 unspecified atom stereocenters. The Bertz CT molecular complexity index is 768. The van der Waals surface area contributed by atoms with Crippen LogP contribution in [-0.4, -0.2) is 41.2 Å². The number of rotatable bonds is 5. The Balaban J connectivity index is 2.08. The molecule has 1 aliphatic rings. The maximum Gasteiger partial charge on any atom is 0.244 e. The number of hydrogen-bond acceptors (Lipinski definition) is 4. The molecule has 8 heteroatoms. The largest absolute Gasteiger partial charge is 0.346 e. The standard InChI is InChI=1S/C16H24ClN3O3S/c1-11(2)9-20-15(17)13(12(3)19-20)5-6-14(21)18-16(4)7-8-24(22,23)10-16/h5-6,11H,7-10H2,1-4H3,(H,18,21)/b6-5+. The van der Waals surface area contributed by atoms with Gasteiger partial charge in [-0.1, -0.05) is 25.4 Å². The zero-order valence-corrected chi connectivity index (χ0v) is 16.0. The number of carbonyl (C=O) groups is 1. The van der Waals surface area contributed by atoms with Gasteiger partial charge in [0.1, 0.15) is 5.15 Å². The van der Waals surface area contributed by atoms with Crippen molar-refractivity contribution in [3.05, 3.63) is 22.5 Å². The van der Waals surface area contributed by atoms with Gasteiger partial charge in [0.25, 0.3) is 0 Å². The molecular weight excluding hydrogens is 350 g/mol. The third kappa shape index (κ3) is 4.60. The van der Waals surface area contributed by atoms with Crippen LogP contribution in [-0.2, 0) is 21.2 Å². The molecule has 1 atom stereocenters. The van der Waals surface area contributed by atoms with Crippen molar-refractivity contribution in [2.75, 3.05) is 11.5 Å². The van der Waals surface area contributed by atoms with Gasteiger partial charge in [0.15, 0.2) is 9.84 Å². The van der Waals surface area contributed by atoms with Gasteiger partial charge in [-0.2, -0.15) is 5.10 Å². The minimum atomic E-state index is -3.06. The topological polar surface area (TPSA) is 81.1 Å². The average Bonchev–Trinajstić information content (AvgIpc) is 2.84. The number of aromatic nitrogens is 2. The molecule has 0 radical (unpaired) electrons. The highest BCUT2D eigenvalue weighted by Gasteiger charge is 2.39. The average molecular weight is 374 g/mol. The van der Waals surface area contributed by atoms with Crippen LogP contribution in [0.2, 0.25) is 5.15 Å². The Morgan fingerprint density at radius 3 is 2.71 bits per heavy atom. The lowest BCUT2D eigenvalue weighted by Gasteiger charge is -2.22. The predicted octanol–water partition coefficient (Wildman–Crippen LogP) is 2.21. The van der Waals surface area contributed by atoms with Crippen LogP contribution in [0.25, 0.3) is 6.08 Å². The van der Waals surface area contributed by atoms with Crippen molar-refractivity contribution in [2.24, 2.45) is 5.92 Å². The number of nitrogens with one attached hydrogen (secondary N) is 1. The van der Waals surface area contributed by atoms with E-state index in [2.05, 4.69) is 24.3 Å². The van der Waals surface area contributed by atoms with E-state index >= 15 is 0 Å². The highest BCUT2D eigenvalue weighted by molar-refractivity contribution is 7.91. The number of amides is 1. The predicted molar refractivity (Wildman–Crippen MR) is 95.7 cm³/mol. The molecule has 24 heavy (non-hydrogen) atoms. The van der Waals surface area contributed by atoms with Gasteiger partial charge >= 0.3 is 0 Å². The molecule has 1 N–H and O–H groups in total. The Morgan fingerprint density at radius 1 is 1.50 bits per heavy atom. The zero-order valence-electron chi connectivity index (χ0n) is 14.5. The summed E-state index contributed by atoms with van der Waals surface area (Å²) < 4.78 is 24.9. The summed E-state index contributed by atoms with van der Waals surface area (Å²) in [4.78, 5) is 12.1. The lowest BCUT2D eigenvalue weighted by Crippen LogP contribution is -2.46. The molecule has 6 nitrogen and oxygen atoms in total. The highest BCUT2D eigenvalue weighted by Crippen LogP contribution is 2.24. The molecule has 1 aromatic rings. The third-order valence-corrected chi connectivity index (χ3v) is 6.28. The van der Waals surface area contributed by atoms with Gasteiger partial charge in [0.2, 0.25) is 5.91 Å². The summed E-state index contributed by atoms with van der Waals surface area (Å²) in [5.41, 5.74) is 0.747. The van der Waals surface area contributed by atoms with E-state index in [1.807, 2.05) is 6.92 Å². The lowest BCUT2D eigenvalue weighted by atomic mass is 10.0.